The first-order valence-corrected chi connectivity index (χ1v) is 6.56. The van der Waals surface area contributed by atoms with Crippen molar-refractivity contribution in [2.24, 2.45) is 5.92 Å². The molecule has 0 aliphatic heterocycles. The Morgan fingerprint density at radius 3 is 2.24 bits per heavy atom. The average molecular weight is 239 g/mol. The van der Waals surface area contributed by atoms with Gasteiger partial charge in [0.15, 0.2) is 0 Å². The highest BCUT2D eigenvalue weighted by Gasteiger charge is 2.21. The molecule has 0 aromatic carbocycles. The van der Waals surface area contributed by atoms with Gasteiger partial charge in [0, 0.05) is 19.1 Å². The number of nitrogens with one attached hydrogen (secondary N) is 1. The van der Waals surface area contributed by atoms with Crippen LogP contribution in [0.3, 0.4) is 0 Å². The van der Waals surface area contributed by atoms with Crippen molar-refractivity contribution in [3.05, 3.63) is 11.1 Å². The summed E-state index contributed by atoms with van der Waals surface area (Å²) in [5.41, 5.74) is 2.38. The molecule has 2 N–H and O–H groups in total. The largest absolute Gasteiger partial charge is 0.396 e. The molecular formula is C14H25NO2. The van der Waals surface area contributed by atoms with Crippen molar-refractivity contribution < 1.29 is 9.90 Å². The Bertz CT molecular complexity index is 285. The van der Waals surface area contributed by atoms with Crippen LogP contribution in [0.15, 0.2) is 11.1 Å². The molecule has 1 amide bonds. The van der Waals surface area contributed by atoms with Gasteiger partial charge in [0.25, 0.3) is 0 Å². The third-order valence-electron chi connectivity index (χ3n) is 3.75. The minimum atomic E-state index is 0.135. The Morgan fingerprint density at radius 1 is 1.18 bits per heavy atom. The highest BCUT2D eigenvalue weighted by Crippen LogP contribution is 2.23. The minimum Gasteiger partial charge on any atom is -0.396 e. The van der Waals surface area contributed by atoms with E-state index >= 15 is 0 Å². The van der Waals surface area contributed by atoms with Gasteiger partial charge in [0.2, 0.25) is 5.91 Å². The molecule has 0 unspecified atom stereocenters. The van der Waals surface area contributed by atoms with Gasteiger partial charge in [-0.05, 0) is 52.4 Å². The van der Waals surface area contributed by atoms with Crippen molar-refractivity contribution >= 4 is 5.91 Å². The highest BCUT2D eigenvalue weighted by atomic mass is 16.3. The second-order valence-corrected chi connectivity index (χ2v) is 5.42. The topological polar surface area (TPSA) is 49.3 Å². The second-order valence-electron chi connectivity index (χ2n) is 5.42. The van der Waals surface area contributed by atoms with Crippen LogP contribution in [0.5, 0.6) is 0 Å². The fourth-order valence-corrected chi connectivity index (χ4v) is 2.19. The molecule has 1 saturated carbocycles. The van der Waals surface area contributed by atoms with E-state index in [1.807, 2.05) is 20.8 Å². The predicted molar refractivity (Wildman–Crippen MR) is 69.6 cm³/mol. The maximum absolute atomic E-state index is 11.8. The zero-order valence-electron chi connectivity index (χ0n) is 11.3. The molecule has 98 valence electrons. The molecule has 1 rings (SSSR count). The van der Waals surface area contributed by atoms with E-state index in [4.69, 9.17) is 5.11 Å². The van der Waals surface area contributed by atoms with Crippen LogP contribution in [0.1, 0.15) is 52.9 Å². The lowest BCUT2D eigenvalue weighted by Gasteiger charge is -2.28. The zero-order valence-corrected chi connectivity index (χ0v) is 11.3. The predicted octanol–water partition coefficient (Wildman–Crippen LogP) is 2.40. The summed E-state index contributed by atoms with van der Waals surface area (Å²) in [5.74, 6) is 0.582. The van der Waals surface area contributed by atoms with E-state index in [0.717, 1.165) is 31.3 Å². The van der Waals surface area contributed by atoms with Crippen molar-refractivity contribution in [3.8, 4) is 0 Å². The maximum Gasteiger partial charge on any atom is 0.224 e. The third kappa shape index (κ3) is 4.90. The van der Waals surface area contributed by atoms with E-state index in [1.165, 1.54) is 5.57 Å². The van der Waals surface area contributed by atoms with Gasteiger partial charge < -0.3 is 10.4 Å². The van der Waals surface area contributed by atoms with Gasteiger partial charge in [0.1, 0.15) is 0 Å². The van der Waals surface area contributed by atoms with E-state index in [9.17, 15) is 4.79 Å². The van der Waals surface area contributed by atoms with E-state index < -0.39 is 0 Å². The number of hydrogen-bond acceptors (Lipinski definition) is 2. The normalized spacial score (nSPS) is 24.2. The summed E-state index contributed by atoms with van der Waals surface area (Å²) in [4.78, 5) is 11.8. The zero-order chi connectivity index (χ0) is 12.8. The Kier molecular flexibility index (Phi) is 5.69. The molecular weight excluding hydrogens is 214 g/mol. The van der Waals surface area contributed by atoms with Gasteiger partial charge in [-0.15, -0.1) is 0 Å². The SMILES string of the molecule is CC(C)=C(C)CC(=O)NC1CCC(CO)CC1. The van der Waals surface area contributed by atoms with Gasteiger partial charge in [-0.2, -0.15) is 0 Å². The van der Waals surface area contributed by atoms with Crippen LogP contribution in [0.2, 0.25) is 0 Å². The smallest absolute Gasteiger partial charge is 0.224 e. The molecule has 0 bridgehead atoms. The molecule has 1 fully saturated rings. The Labute approximate surface area is 104 Å². The third-order valence-corrected chi connectivity index (χ3v) is 3.75. The van der Waals surface area contributed by atoms with Crippen molar-refractivity contribution in [3.63, 3.8) is 0 Å². The number of rotatable bonds is 4. The first kappa shape index (κ1) is 14.2. The summed E-state index contributed by atoms with van der Waals surface area (Å²) in [6, 6.07) is 0.315. The summed E-state index contributed by atoms with van der Waals surface area (Å²) in [7, 11) is 0. The van der Waals surface area contributed by atoms with Crippen LogP contribution in [-0.4, -0.2) is 23.7 Å². The molecule has 0 heterocycles. The van der Waals surface area contributed by atoms with Crippen LogP contribution in [-0.2, 0) is 4.79 Å². The number of carbonyl (C=O) groups is 1. The minimum absolute atomic E-state index is 0.135. The number of allylic oxidation sites excluding steroid dienone is 1. The molecule has 0 aromatic heterocycles. The van der Waals surface area contributed by atoms with Gasteiger partial charge in [0.05, 0.1) is 0 Å². The molecule has 3 nitrogen and oxygen atoms in total. The second kappa shape index (κ2) is 6.80. The summed E-state index contributed by atoms with van der Waals surface area (Å²) < 4.78 is 0. The summed E-state index contributed by atoms with van der Waals surface area (Å²) in [5, 5.41) is 12.1. The molecule has 0 atom stereocenters. The molecule has 1 aliphatic rings. The van der Waals surface area contributed by atoms with Crippen LogP contribution >= 0.6 is 0 Å². The van der Waals surface area contributed by atoms with E-state index in [1.54, 1.807) is 0 Å². The van der Waals surface area contributed by atoms with Crippen LogP contribution in [0, 0.1) is 5.92 Å². The molecule has 17 heavy (non-hydrogen) atoms. The van der Waals surface area contributed by atoms with Crippen LogP contribution in [0.4, 0.5) is 0 Å². The van der Waals surface area contributed by atoms with Gasteiger partial charge in [-0.25, -0.2) is 0 Å². The Balaban J connectivity index is 2.31. The lowest BCUT2D eigenvalue weighted by Crippen LogP contribution is -2.38. The number of hydrogen-bond donors (Lipinski definition) is 2. The van der Waals surface area contributed by atoms with E-state index in [2.05, 4.69) is 5.32 Å². The van der Waals surface area contributed by atoms with Crippen molar-refractivity contribution in [2.45, 2.75) is 58.9 Å². The fraction of sp³-hybridized carbons (Fsp3) is 0.786. The Hall–Kier alpha value is -0.830. The maximum atomic E-state index is 11.8. The molecule has 0 aromatic rings. The van der Waals surface area contributed by atoms with Crippen LogP contribution in [0.25, 0.3) is 0 Å². The van der Waals surface area contributed by atoms with Gasteiger partial charge >= 0.3 is 0 Å². The van der Waals surface area contributed by atoms with Crippen molar-refractivity contribution in [2.75, 3.05) is 6.61 Å². The highest BCUT2D eigenvalue weighted by molar-refractivity contribution is 5.78. The lowest BCUT2D eigenvalue weighted by atomic mass is 9.86. The summed E-state index contributed by atoms with van der Waals surface area (Å²) >= 11 is 0. The first-order valence-electron chi connectivity index (χ1n) is 6.56. The molecule has 3 heteroatoms. The number of amides is 1. The summed E-state index contributed by atoms with van der Waals surface area (Å²) in [6.45, 7) is 6.37. The monoisotopic (exact) mass is 239 g/mol. The molecule has 0 radical (unpaired) electrons. The number of aliphatic hydroxyl groups is 1. The molecule has 0 spiro atoms. The van der Waals surface area contributed by atoms with E-state index in [0.29, 0.717) is 18.4 Å². The first-order chi connectivity index (χ1) is 8.02. The standard InChI is InChI=1S/C14H25NO2/c1-10(2)11(3)8-14(17)15-13-6-4-12(9-16)5-7-13/h12-13,16H,4-9H2,1-3H3,(H,15,17). The average Bonchev–Trinajstić information content (AvgIpc) is 2.29. The number of aliphatic hydroxyl groups excluding tert-OH is 1. The summed E-state index contributed by atoms with van der Waals surface area (Å²) in [6.07, 6.45) is 4.59. The quantitative estimate of drug-likeness (QED) is 0.740. The molecule has 1 aliphatic carbocycles. The van der Waals surface area contributed by atoms with Gasteiger partial charge in [-0.1, -0.05) is 11.1 Å². The van der Waals surface area contributed by atoms with Crippen LogP contribution < -0.4 is 5.32 Å². The van der Waals surface area contributed by atoms with E-state index in [-0.39, 0.29) is 12.5 Å². The lowest BCUT2D eigenvalue weighted by molar-refractivity contribution is -0.121. The van der Waals surface area contributed by atoms with Crippen molar-refractivity contribution in [1.29, 1.82) is 0 Å². The van der Waals surface area contributed by atoms with Crippen molar-refractivity contribution in [1.82, 2.24) is 5.32 Å². The molecule has 0 saturated heterocycles. The Morgan fingerprint density at radius 2 is 1.76 bits per heavy atom. The van der Waals surface area contributed by atoms with Gasteiger partial charge in [-0.3, -0.25) is 4.79 Å². The fourth-order valence-electron chi connectivity index (χ4n) is 2.19. The number of carbonyl (C=O) groups excluding carboxylic acids is 1.